The SMILES string of the molecule is CCCCc1oc2ccc([N+](=O)[O-])cc2c1C(=O)c1ccc(OI)cc1. The second-order valence-corrected chi connectivity index (χ2v) is 6.31. The molecule has 6 nitrogen and oxygen atoms in total. The molecule has 0 aliphatic carbocycles. The Hall–Kier alpha value is -2.42. The molecule has 0 saturated carbocycles. The number of nitrogens with zero attached hydrogens (tertiary/aromatic N) is 1. The minimum Gasteiger partial charge on any atom is -0.460 e. The molecule has 0 fully saturated rings. The van der Waals surface area contributed by atoms with Gasteiger partial charge in [-0.1, -0.05) is 13.3 Å². The van der Waals surface area contributed by atoms with Crippen LogP contribution in [0.3, 0.4) is 0 Å². The molecule has 134 valence electrons. The molecular weight excluding hydrogens is 449 g/mol. The number of ketones is 1. The maximum absolute atomic E-state index is 13.1. The van der Waals surface area contributed by atoms with Crippen molar-refractivity contribution in [2.45, 2.75) is 26.2 Å². The second-order valence-electron chi connectivity index (χ2n) is 5.87. The van der Waals surface area contributed by atoms with Gasteiger partial charge in [0.15, 0.2) is 28.8 Å². The number of halogens is 1. The van der Waals surface area contributed by atoms with Crippen LogP contribution in [0.1, 0.15) is 41.4 Å². The van der Waals surface area contributed by atoms with Crippen molar-refractivity contribution in [1.82, 2.24) is 0 Å². The molecular formula is C19H16INO5. The van der Waals surface area contributed by atoms with Crippen LogP contribution < -0.4 is 3.07 Å². The monoisotopic (exact) mass is 465 g/mol. The predicted octanol–water partition coefficient (Wildman–Crippen LogP) is 5.64. The Morgan fingerprint density at radius 1 is 1.23 bits per heavy atom. The number of hydrogen-bond donors (Lipinski definition) is 0. The van der Waals surface area contributed by atoms with Crippen LogP contribution in [0.4, 0.5) is 5.69 Å². The number of unbranched alkanes of at least 4 members (excludes halogenated alkanes) is 1. The fraction of sp³-hybridized carbons (Fsp3) is 0.211. The van der Waals surface area contributed by atoms with Crippen LogP contribution in [0.2, 0.25) is 0 Å². The van der Waals surface area contributed by atoms with E-state index < -0.39 is 4.92 Å². The Labute approximate surface area is 164 Å². The number of carbonyl (C=O) groups excluding carboxylic acids is 1. The van der Waals surface area contributed by atoms with Crippen LogP contribution in [0.25, 0.3) is 11.0 Å². The van der Waals surface area contributed by atoms with Gasteiger partial charge in [0.05, 0.1) is 10.5 Å². The summed E-state index contributed by atoms with van der Waals surface area (Å²) < 4.78 is 10.9. The second kappa shape index (κ2) is 7.86. The smallest absolute Gasteiger partial charge is 0.270 e. The first kappa shape index (κ1) is 18.4. The van der Waals surface area contributed by atoms with Gasteiger partial charge < -0.3 is 7.48 Å². The highest BCUT2D eigenvalue weighted by Crippen LogP contribution is 2.32. The van der Waals surface area contributed by atoms with Crippen molar-refractivity contribution >= 4 is 45.4 Å². The maximum Gasteiger partial charge on any atom is 0.270 e. The Morgan fingerprint density at radius 2 is 1.96 bits per heavy atom. The van der Waals surface area contributed by atoms with E-state index in [-0.39, 0.29) is 11.5 Å². The highest BCUT2D eigenvalue weighted by molar-refractivity contribution is 14.1. The Bertz CT molecular complexity index is 962. The number of benzene rings is 2. The lowest BCUT2D eigenvalue weighted by molar-refractivity contribution is -0.384. The molecule has 0 spiro atoms. The van der Waals surface area contributed by atoms with Gasteiger partial charge in [0.25, 0.3) is 5.69 Å². The Balaban J connectivity index is 2.14. The molecule has 26 heavy (non-hydrogen) atoms. The van der Waals surface area contributed by atoms with Crippen LogP contribution >= 0.6 is 23.0 Å². The lowest BCUT2D eigenvalue weighted by Crippen LogP contribution is -2.04. The zero-order chi connectivity index (χ0) is 18.7. The third-order valence-electron chi connectivity index (χ3n) is 4.15. The summed E-state index contributed by atoms with van der Waals surface area (Å²) >= 11 is 1.77. The summed E-state index contributed by atoms with van der Waals surface area (Å²) in [5.41, 5.74) is 1.30. The van der Waals surface area contributed by atoms with Crippen molar-refractivity contribution in [3.05, 3.63) is 69.5 Å². The van der Waals surface area contributed by atoms with Gasteiger partial charge in [-0.05, 0) is 36.8 Å². The Kier molecular flexibility index (Phi) is 5.55. The van der Waals surface area contributed by atoms with E-state index >= 15 is 0 Å². The average Bonchev–Trinajstić information content (AvgIpc) is 3.03. The number of nitro groups is 1. The molecule has 1 aromatic heterocycles. The fourth-order valence-electron chi connectivity index (χ4n) is 2.81. The van der Waals surface area contributed by atoms with Crippen LogP contribution in [0.5, 0.6) is 5.75 Å². The van der Waals surface area contributed by atoms with E-state index in [4.69, 9.17) is 7.48 Å². The molecule has 0 atom stereocenters. The standard InChI is InChI=1S/C19H16INO5/c1-2-3-4-17-18(19(22)12-5-8-14(26-20)9-6-12)15-11-13(21(23)24)7-10-16(15)25-17/h5-11H,2-4H2,1H3. The van der Waals surface area contributed by atoms with E-state index in [0.29, 0.717) is 40.0 Å². The first-order valence-electron chi connectivity index (χ1n) is 8.18. The van der Waals surface area contributed by atoms with Crippen LogP contribution in [0.15, 0.2) is 46.9 Å². The van der Waals surface area contributed by atoms with E-state index in [0.717, 1.165) is 12.8 Å². The van der Waals surface area contributed by atoms with Gasteiger partial charge >= 0.3 is 0 Å². The normalized spacial score (nSPS) is 10.8. The third-order valence-corrected chi connectivity index (χ3v) is 4.65. The highest BCUT2D eigenvalue weighted by atomic mass is 127. The molecule has 0 radical (unpaired) electrons. The number of carbonyl (C=O) groups is 1. The van der Waals surface area contributed by atoms with Crippen molar-refractivity contribution in [1.29, 1.82) is 0 Å². The third kappa shape index (κ3) is 3.57. The minimum atomic E-state index is -0.473. The molecule has 0 saturated heterocycles. The van der Waals surface area contributed by atoms with Crippen LogP contribution in [-0.2, 0) is 6.42 Å². The molecule has 1 heterocycles. The molecule has 0 unspecified atom stereocenters. The lowest BCUT2D eigenvalue weighted by Gasteiger charge is -2.04. The Morgan fingerprint density at radius 3 is 2.58 bits per heavy atom. The molecule has 3 aromatic rings. The summed E-state index contributed by atoms with van der Waals surface area (Å²) in [5, 5.41) is 11.6. The zero-order valence-corrected chi connectivity index (χ0v) is 16.2. The summed E-state index contributed by atoms with van der Waals surface area (Å²) in [6, 6.07) is 11.1. The number of furan rings is 1. The average molecular weight is 465 g/mol. The number of hydrogen-bond acceptors (Lipinski definition) is 5. The predicted molar refractivity (Wildman–Crippen MR) is 106 cm³/mol. The molecule has 0 N–H and O–H groups in total. The lowest BCUT2D eigenvalue weighted by atomic mass is 9.98. The van der Waals surface area contributed by atoms with E-state index in [1.165, 1.54) is 12.1 Å². The van der Waals surface area contributed by atoms with Gasteiger partial charge in [0.1, 0.15) is 17.1 Å². The van der Waals surface area contributed by atoms with Gasteiger partial charge in [0.2, 0.25) is 0 Å². The van der Waals surface area contributed by atoms with Crippen molar-refractivity contribution < 1.29 is 17.2 Å². The van der Waals surface area contributed by atoms with Crippen molar-refractivity contribution in [3.63, 3.8) is 0 Å². The molecule has 0 aliphatic rings. The van der Waals surface area contributed by atoms with E-state index in [1.807, 2.05) is 0 Å². The summed E-state index contributed by atoms with van der Waals surface area (Å²) in [4.78, 5) is 23.8. The van der Waals surface area contributed by atoms with Crippen LogP contribution in [-0.4, -0.2) is 10.7 Å². The number of aryl methyl sites for hydroxylation is 1. The summed E-state index contributed by atoms with van der Waals surface area (Å²) in [7, 11) is 0. The van der Waals surface area contributed by atoms with Gasteiger partial charge in [-0.25, -0.2) is 0 Å². The summed E-state index contributed by atoms with van der Waals surface area (Å²) in [5.74, 6) is 0.998. The summed E-state index contributed by atoms with van der Waals surface area (Å²) in [6.45, 7) is 2.05. The van der Waals surface area contributed by atoms with Gasteiger partial charge in [-0.3, -0.25) is 14.9 Å². The molecule has 3 rings (SSSR count). The van der Waals surface area contributed by atoms with Crippen molar-refractivity contribution in [3.8, 4) is 5.75 Å². The molecule has 0 bridgehead atoms. The fourth-order valence-corrected chi connectivity index (χ4v) is 3.11. The maximum atomic E-state index is 13.1. The van der Waals surface area contributed by atoms with E-state index in [1.54, 1.807) is 53.3 Å². The molecule has 0 amide bonds. The van der Waals surface area contributed by atoms with E-state index in [9.17, 15) is 14.9 Å². The van der Waals surface area contributed by atoms with Crippen molar-refractivity contribution in [2.75, 3.05) is 0 Å². The number of rotatable bonds is 7. The van der Waals surface area contributed by atoms with Crippen LogP contribution in [0, 0.1) is 10.1 Å². The minimum absolute atomic E-state index is 0.0666. The molecule has 7 heteroatoms. The zero-order valence-electron chi connectivity index (χ0n) is 14.0. The van der Waals surface area contributed by atoms with Gasteiger partial charge in [-0.2, -0.15) is 0 Å². The molecule has 2 aromatic carbocycles. The number of nitro benzene ring substituents is 1. The van der Waals surface area contributed by atoms with Gasteiger partial charge in [0, 0.05) is 29.5 Å². The number of fused-ring (bicyclic) bond motifs is 1. The topological polar surface area (TPSA) is 82.6 Å². The first-order chi connectivity index (χ1) is 12.5. The van der Waals surface area contributed by atoms with Crippen molar-refractivity contribution in [2.24, 2.45) is 0 Å². The number of non-ortho nitro benzene ring substituents is 1. The largest absolute Gasteiger partial charge is 0.460 e. The summed E-state index contributed by atoms with van der Waals surface area (Å²) in [6.07, 6.45) is 2.42. The van der Waals surface area contributed by atoms with E-state index in [2.05, 4.69) is 6.92 Å². The first-order valence-corrected chi connectivity index (χ1v) is 9.06. The van der Waals surface area contributed by atoms with Gasteiger partial charge in [-0.15, -0.1) is 0 Å². The quantitative estimate of drug-likeness (QED) is 0.195. The molecule has 0 aliphatic heterocycles. The highest BCUT2D eigenvalue weighted by Gasteiger charge is 2.23.